The fourth-order valence-corrected chi connectivity index (χ4v) is 4.70. The van der Waals surface area contributed by atoms with Crippen molar-refractivity contribution < 1.29 is 23.5 Å². The summed E-state index contributed by atoms with van der Waals surface area (Å²) < 4.78 is 18.0. The fraction of sp³-hybridized carbons (Fsp3) is 0.438. The van der Waals surface area contributed by atoms with E-state index in [1.54, 1.807) is 6.08 Å². The molecule has 2 aromatic rings. The van der Waals surface area contributed by atoms with Gasteiger partial charge in [0.1, 0.15) is 13.2 Å². The van der Waals surface area contributed by atoms with Crippen molar-refractivity contribution in [3.8, 4) is 0 Å². The molecule has 0 N–H and O–H groups in total. The van der Waals surface area contributed by atoms with Gasteiger partial charge in [0.15, 0.2) is 5.92 Å². The lowest BCUT2D eigenvalue weighted by Crippen LogP contribution is -2.43. The zero-order chi connectivity index (χ0) is 28.2. The Bertz CT molecular complexity index is 999. The van der Waals surface area contributed by atoms with Crippen LogP contribution in [0.4, 0.5) is 0 Å². The topological polar surface area (TPSA) is 61.8 Å². The van der Waals surface area contributed by atoms with Crippen molar-refractivity contribution in [1.82, 2.24) is 0 Å². The van der Waals surface area contributed by atoms with Gasteiger partial charge in [-0.05, 0) is 48.2 Å². The predicted octanol–water partition coefficient (Wildman–Crippen LogP) is 7.99. The molecule has 0 bridgehead atoms. The zero-order valence-electron chi connectivity index (χ0n) is 23.9. The Morgan fingerprint density at radius 3 is 1.76 bits per heavy atom. The first-order chi connectivity index (χ1) is 18.0. The van der Waals surface area contributed by atoms with Crippen LogP contribution in [0.15, 0.2) is 85.2 Å². The summed E-state index contributed by atoms with van der Waals surface area (Å²) in [5.74, 6) is -2.67. The Morgan fingerprint density at radius 2 is 1.37 bits per heavy atom. The molecule has 0 aliphatic heterocycles. The predicted molar refractivity (Wildman–Crippen MR) is 156 cm³/mol. The van der Waals surface area contributed by atoms with Crippen LogP contribution in [0.3, 0.4) is 0 Å². The molecule has 0 aromatic heterocycles. The Hall–Kier alpha value is -3.12. The molecular formula is C32H44O5Si. The minimum atomic E-state index is -2.29. The van der Waals surface area contributed by atoms with Crippen molar-refractivity contribution in [1.29, 1.82) is 0 Å². The molecular weight excluding hydrogens is 492 g/mol. The second kappa shape index (κ2) is 14.7. The highest BCUT2D eigenvalue weighted by molar-refractivity contribution is 6.74. The monoisotopic (exact) mass is 536 g/mol. The first-order valence-corrected chi connectivity index (χ1v) is 16.3. The summed E-state index contributed by atoms with van der Waals surface area (Å²) in [6.45, 7) is 17.0. The molecule has 0 aliphatic carbocycles. The van der Waals surface area contributed by atoms with Gasteiger partial charge in [-0.3, -0.25) is 9.59 Å². The highest BCUT2D eigenvalue weighted by Crippen LogP contribution is 2.40. The summed E-state index contributed by atoms with van der Waals surface area (Å²) in [6.07, 6.45) is 6.39. The lowest BCUT2D eigenvalue weighted by Gasteiger charge is -2.39. The van der Waals surface area contributed by atoms with Gasteiger partial charge in [-0.2, -0.15) is 0 Å². The van der Waals surface area contributed by atoms with Gasteiger partial charge in [-0.1, -0.05) is 101 Å². The van der Waals surface area contributed by atoms with Gasteiger partial charge in [-0.15, -0.1) is 6.58 Å². The van der Waals surface area contributed by atoms with Crippen molar-refractivity contribution in [3.63, 3.8) is 0 Å². The first kappa shape index (κ1) is 31.1. The average molecular weight is 537 g/mol. The van der Waals surface area contributed by atoms with Crippen LogP contribution in [0.25, 0.3) is 0 Å². The van der Waals surface area contributed by atoms with Crippen LogP contribution in [0.5, 0.6) is 0 Å². The van der Waals surface area contributed by atoms with Crippen molar-refractivity contribution in [2.24, 2.45) is 11.8 Å². The van der Waals surface area contributed by atoms with E-state index in [0.717, 1.165) is 30.4 Å². The summed E-state index contributed by atoms with van der Waals surface area (Å²) in [6, 6.07) is 18.8. The van der Waals surface area contributed by atoms with Crippen LogP contribution in [-0.2, 0) is 36.7 Å². The van der Waals surface area contributed by atoms with E-state index in [-0.39, 0.29) is 18.3 Å². The quantitative estimate of drug-likeness (QED) is 0.0611. The molecule has 0 heterocycles. The lowest BCUT2D eigenvalue weighted by atomic mass is 9.89. The number of carbonyl (C=O) groups excluding carboxylic acids is 2. The largest absolute Gasteiger partial charge is 0.546 e. The molecule has 2 aromatic carbocycles. The first-order valence-electron chi connectivity index (χ1n) is 13.4. The molecule has 0 aliphatic rings. The SMILES string of the molecule is C=C[C@H](/C(=C/CCCC)O[Si](C)(C)C(C)(C)C)C(C(=O)OCc1ccccc1)C(=O)OCc1ccccc1. The second-order valence-corrected chi connectivity index (χ2v) is 15.8. The van der Waals surface area contributed by atoms with Gasteiger partial charge < -0.3 is 13.9 Å². The summed E-state index contributed by atoms with van der Waals surface area (Å²) in [5, 5.41) is -0.0697. The summed E-state index contributed by atoms with van der Waals surface area (Å²) in [7, 11) is -2.29. The van der Waals surface area contributed by atoms with E-state index in [9.17, 15) is 9.59 Å². The van der Waals surface area contributed by atoms with Crippen LogP contribution in [0.1, 0.15) is 58.1 Å². The molecule has 0 radical (unpaired) electrons. The molecule has 0 saturated heterocycles. The number of hydrogen-bond acceptors (Lipinski definition) is 5. The highest BCUT2D eigenvalue weighted by Gasteiger charge is 2.44. The number of benzene rings is 2. The maximum absolute atomic E-state index is 13.5. The Labute approximate surface area is 230 Å². The summed E-state index contributed by atoms with van der Waals surface area (Å²) >= 11 is 0. The van der Waals surface area contributed by atoms with Gasteiger partial charge in [0.05, 0.1) is 11.7 Å². The van der Waals surface area contributed by atoms with Crippen LogP contribution in [0, 0.1) is 11.8 Å². The van der Waals surface area contributed by atoms with E-state index in [4.69, 9.17) is 13.9 Å². The third-order valence-corrected chi connectivity index (χ3v) is 11.3. The van der Waals surface area contributed by atoms with E-state index in [1.165, 1.54) is 0 Å². The highest BCUT2D eigenvalue weighted by atomic mass is 28.4. The molecule has 1 atom stereocenters. The maximum atomic E-state index is 13.5. The zero-order valence-corrected chi connectivity index (χ0v) is 24.9. The Kier molecular flexibility index (Phi) is 12.0. The van der Waals surface area contributed by atoms with Crippen LogP contribution >= 0.6 is 0 Å². The Balaban J connectivity index is 2.41. The number of carbonyl (C=O) groups is 2. The van der Waals surface area contributed by atoms with Crippen molar-refractivity contribution in [2.75, 3.05) is 0 Å². The maximum Gasteiger partial charge on any atom is 0.321 e. The minimum Gasteiger partial charge on any atom is -0.546 e. The molecule has 38 heavy (non-hydrogen) atoms. The lowest BCUT2D eigenvalue weighted by molar-refractivity contribution is -0.165. The van der Waals surface area contributed by atoms with E-state index >= 15 is 0 Å². The van der Waals surface area contributed by atoms with Crippen LogP contribution < -0.4 is 0 Å². The summed E-state index contributed by atoms with van der Waals surface area (Å²) in [5.41, 5.74) is 1.67. The molecule has 5 nitrogen and oxygen atoms in total. The normalized spacial score (nSPS) is 13.1. The van der Waals surface area contributed by atoms with E-state index in [2.05, 4.69) is 47.4 Å². The molecule has 0 unspecified atom stereocenters. The standard InChI is InChI=1S/C32H44O5Si/c1-8-10-13-22-28(37-38(6,7)32(3,4)5)27(9-2)29(30(33)35-23-25-18-14-11-15-19-25)31(34)36-24-26-20-16-12-17-21-26/h9,11-12,14-22,27,29H,2,8,10,13,23-24H2,1,3-7H3/b28-22-/t27-/m1/s1. The van der Waals surface area contributed by atoms with Gasteiger partial charge in [0.25, 0.3) is 0 Å². The van der Waals surface area contributed by atoms with Gasteiger partial charge in [0.2, 0.25) is 8.32 Å². The number of ether oxygens (including phenoxy) is 2. The average Bonchev–Trinajstić information content (AvgIpc) is 2.89. The number of unbranched alkanes of at least 4 members (excludes halogenated alkanes) is 2. The number of allylic oxidation sites excluding steroid dienone is 2. The van der Waals surface area contributed by atoms with E-state index in [1.807, 2.05) is 66.7 Å². The van der Waals surface area contributed by atoms with E-state index < -0.39 is 32.1 Å². The summed E-state index contributed by atoms with van der Waals surface area (Å²) in [4.78, 5) is 27.0. The number of rotatable bonds is 14. The molecule has 0 amide bonds. The van der Waals surface area contributed by atoms with Crippen LogP contribution in [0.2, 0.25) is 18.1 Å². The van der Waals surface area contributed by atoms with Crippen LogP contribution in [-0.4, -0.2) is 20.3 Å². The smallest absolute Gasteiger partial charge is 0.321 e. The Morgan fingerprint density at radius 1 is 0.895 bits per heavy atom. The molecule has 0 saturated carbocycles. The number of hydrogen-bond donors (Lipinski definition) is 0. The van der Waals surface area contributed by atoms with Crippen molar-refractivity contribution in [2.45, 2.75) is 78.3 Å². The third kappa shape index (κ3) is 9.32. The van der Waals surface area contributed by atoms with Crippen molar-refractivity contribution >= 4 is 20.3 Å². The van der Waals surface area contributed by atoms with Gasteiger partial charge in [-0.25, -0.2) is 0 Å². The molecule has 0 spiro atoms. The second-order valence-electron chi connectivity index (χ2n) is 11.0. The van der Waals surface area contributed by atoms with Gasteiger partial charge in [0, 0.05) is 0 Å². The molecule has 206 valence electrons. The number of esters is 2. The van der Waals surface area contributed by atoms with Crippen molar-refractivity contribution in [3.05, 3.63) is 96.3 Å². The fourth-order valence-electron chi connectivity index (χ4n) is 3.58. The molecule has 2 rings (SSSR count). The minimum absolute atomic E-state index is 0.0595. The van der Waals surface area contributed by atoms with Gasteiger partial charge >= 0.3 is 11.9 Å². The molecule has 0 fully saturated rings. The van der Waals surface area contributed by atoms with E-state index in [0.29, 0.717) is 5.76 Å². The molecule has 6 heteroatoms. The third-order valence-electron chi connectivity index (χ3n) is 6.98.